The van der Waals surface area contributed by atoms with Gasteiger partial charge >= 0.3 is 0 Å². The second-order valence-corrected chi connectivity index (χ2v) is 6.38. The van der Waals surface area contributed by atoms with Crippen molar-refractivity contribution in [3.63, 3.8) is 0 Å². The first kappa shape index (κ1) is 15.1. The predicted molar refractivity (Wildman–Crippen MR) is 70.6 cm³/mol. The number of nitrogens with zero attached hydrogens (tertiary/aromatic N) is 1. The number of carbonyl (C=O) groups is 1. The molecule has 104 valence electrons. The van der Waals surface area contributed by atoms with Crippen LogP contribution in [0.25, 0.3) is 0 Å². The number of amides is 1. The summed E-state index contributed by atoms with van der Waals surface area (Å²) < 4.78 is 25.6. The van der Waals surface area contributed by atoms with Crippen LogP contribution in [-0.2, 0) is 14.8 Å². The molecule has 2 N–H and O–H groups in total. The monoisotopic (exact) mass is 275 g/mol. The lowest BCUT2D eigenvalue weighted by atomic mass is 10.2. The number of piperazine rings is 1. The van der Waals surface area contributed by atoms with E-state index in [1.54, 1.807) is 13.0 Å². The highest BCUT2D eigenvalue weighted by atomic mass is 32.2. The normalized spacial score (nSPS) is 19.2. The van der Waals surface area contributed by atoms with Crippen LogP contribution in [0.4, 0.5) is 0 Å². The van der Waals surface area contributed by atoms with Crippen LogP contribution >= 0.6 is 0 Å². The van der Waals surface area contributed by atoms with E-state index in [1.807, 2.05) is 0 Å². The molecule has 1 saturated heterocycles. The summed E-state index contributed by atoms with van der Waals surface area (Å²) in [5.41, 5.74) is 0. The van der Waals surface area contributed by atoms with Crippen LogP contribution in [0.1, 0.15) is 6.92 Å². The molecule has 1 amide bonds. The Morgan fingerprint density at radius 3 is 2.67 bits per heavy atom. The second kappa shape index (κ2) is 6.86. The summed E-state index contributed by atoms with van der Waals surface area (Å²) in [5.74, 6) is -0.950. The minimum absolute atomic E-state index is 0.143. The van der Waals surface area contributed by atoms with Gasteiger partial charge in [0, 0.05) is 32.7 Å². The Morgan fingerprint density at radius 1 is 1.50 bits per heavy atom. The molecule has 1 aliphatic rings. The van der Waals surface area contributed by atoms with Crippen molar-refractivity contribution >= 4 is 15.9 Å². The van der Waals surface area contributed by atoms with Crippen molar-refractivity contribution in [1.29, 1.82) is 0 Å². The molecular weight excluding hydrogens is 254 g/mol. The molecule has 6 nitrogen and oxygen atoms in total. The second-order valence-electron chi connectivity index (χ2n) is 4.36. The number of rotatable bonds is 6. The molecule has 18 heavy (non-hydrogen) atoms. The van der Waals surface area contributed by atoms with E-state index in [0.717, 1.165) is 0 Å². The molecule has 1 rings (SSSR count). The number of hydrogen-bond acceptors (Lipinski definition) is 4. The summed E-state index contributed by atoms with van der Waals surface area (Å²) in [6.45, 7) is 7.75. The number of nitrogens with one attached hydrogen (secondary N) is 2. The smallest absolute Gasteiger partial charge is 0.224 e. The van der Waals surface area contributed by atoms with Crippen molar-refractivity contribution in [3.05, 3.63) is 12.7 Å². The van der Waals surface area contributed by atoms with Gasteiger partial charge in [0.15, 0.2) is 0 Å². The maximum Gasteiger partial charge on any atom is 0.224 e. The summed E-state index contributed by atoms with van der Waals surface area (Å²) in [7, 11) is -3.35. The third kappa shape index (κ3) is 4.40. The summed E-state index contributed by atoms with van der Waals surface area (Å²) in [6.07, 6.45) is 1.56. The van der Waals surface area contributed by atoms with Gasteiger partial charge in [0.25, 0.3) is 0 Å². The zero-order valence-corrected chi connectivity index (χ0v) is 11.5. The van der Waals surface area contributed by atoms with E-state index in [0.29, 0.717) is 32.7 Å². The molecule has 7 heteroatoms. The number of carbonyl (C=O) groups excluding carboxylic acids is 1. The Kier molecular flexibility index (Phi) is 5.77. The zero-order chi connectivity index (χ0) is 13.6. The molecule has 0 aromatic heterocycles. The molecule has 1 atom stereocenters. The van der Waals surface area contributed by atoms with Gasteiger partial charge in [-0.3, -0.25) is 4.79 Å². The van der Waals surface area contributed by atoms with Crippen LogP contribution in [0.5, 0.6) is 0 Å². The minimum Gasteiger partial charge on any atom is -0.352 e. The Bertz CT molecular complexity index is 388. The van der Waals surface area contributed by atoms with E-state index in [1.165, 1.54) is 4.31 Å². The topological polar surface area (TPSA) is 78.5 Å². The molecule has 1 unspecified atom stereocenters. The fourth-order valence-electron chi connectivity index (χ4n) is 1.77. The van der Waals surface area contributed by atoms with Gasteiger partial charge in [-0.1, -0.05) is 13.0 Å². The van der Waals surface area contributed by atoms with Crippen LogP contribution in [0.2, 0.25) is 0 Å². The molecule has 1 aliphatic heterocycles. The Hall–Kier alpha value is -0.920. The van der Waals surface area contributed by atoms with E-state index in [4.69, 9.17) is 0 Å². The average Bonchev–Trinajstić information content (AvgIpc) is 2.36. The van der Waals surface area contributed by atoms with Crippen molar-refractivity contribution in [2.24, 2.45) is 5.92 Å². The predicted octanol–water partition coefficient (Wildman–Crippen LogP) is -0.840. The maximum atomic E-state index is 12.1. The molecule has 0 spiro atoms. The fraction of sp³-hybridized carbons (Fsp3) is 0.727. The summed E-state index contributed by atoms with van der Waals surface area (Å²) in [5, 5.41) is 5.70. The van der Waals surface area contributed by atoms with Crippen LogP contribution in [0, 0.1) is 5.92 Å². The first-order chi connectivity index (χ1) is 8.47. The van der Waals surface area contributed by atoms with Crippen molar-refractivity contribution in [2.45, 2.75) is 6.92 Å². The molecule has 1 fully saturated rings. The van der Waals surface area contributed by atoms with E-state index in [-0.39, 0.29) is 11.7 Å². The first-order valence-corrected chi connectivity index (χ1v) is 7.65. The van der Waals surface area contributed by atoms with Gasteiger partial charge in [-0.25, -0.2) is 8.42 Å². The fourth-order valence-corrected chi connectivity index (χ4v) is 3.50. The van der Waals surface area contributed by atoms with E-state index in [9.17, 15) is 13.2 Å². The maximum absolute atomic E-state index is 12.1. The Balaban J connectivity index is 2.53. The lowest BCUT2D eigenvalue weighted by molar-refractivity contribution is -0.123. The highest BCUT2D eigenvalue weighted by Crippen LogP contribution is 2.08. The van der Waals surface area contributed by atoms with Gasteiger partial charge in [-0.15, -0.1) is 6.58 Å². The van der Waals surface area contributed by atoms with Gasteiger partial charge < -0.3 is 10.6 Å². The van der Waals surface area contributed by atoms with Gasteiger partial charge in [0.1, 0.15) is 0 Å². The van der Waals surface area contributed by atoms with Crippen molar-refractivity contribution in [3.8, 4) is 0 Å². The van der Waals surface area contributed by atoms with Crippen LogP contribution in [0.15, 0.2) is 12.7 Å². The molecular formula is C11H21N3O3S. The van der Waals surface area contributed by atoms with Crippen LogP contribution < -0.4 is 10.6 Å². The highest BCUT2D eigenvalue weighted by molar-refractivity contribution is 7.89. The lowest BCUT2D eigenvalue weighted by Crippen LogP contribution is -2.48. The number of hydrogen-bond donors (Lipinski definition) is 2. The molecule has 0 saturated carbocycles. The zero-order valence-electron chi connectivity index (χ0n) is 10.7. The molecule has 0 aliphatic carbocycles. The molecule has 0 bridgehead atoms. The highest BCUT2D eigenvalue weighted by Gasteiger charge is 2.28. The SMILES string of the molecule is C=CCNC(=O)C(C)CS(=O)(=O)N1CCNCC1. The standard InChI is InChI=1S/C11H21N3O3S/c1-3-4-13-11(15)10(2)9-18(16,17)14-7-5-12-6-8-14/h3,10,12H,1,4-9H2,2H3,(H,13,15). The van der Waals surface area contributed by atoms with Crippen molar-refractivity contribution in [1.82, 2.24) is 14.9 Å². The molecule has 0 aromatic rings. The molecule has 0 radical (unpaired) electrons. The molecule has 1 heterocycles. The summed E-state index contributed by atoms with van der Waals surface area (Å²) in [6, 6.07) is 0. The van der Waals surface area contributed by atoms with Crippen molar-refractivity contribution < 1.29 is 13.2 Å². The molecule has 0 aromatic carbocycles. The number of sulfonamides is 1. The van der Waals surface area contributed by atoms with Gasteiger partial charge in [0.05, 0.1) is 11.7 Å². The van der Waals surface area contributed by atoms with E-state index < -0.39 is 15.9 Å². The third-order valence-corrected chi connectivity index (χ3v) is 4.87. The average molecular weight is 275 g/mol. The largest absolute Gasteiger partial charge is 0.352 e. The lowest BCUT2D eigenvalue weighted by Gasteiger charge is -2.27. The van der Waals surface area contributed by atoms with Crippen LogP contribution in [0.3, 0.4) is 0 Å². The summed E-state index contributed by atoms with van der Waals surface area (Å²) >= 11 is 0. The van der Waals surface area contributed by atoms with Gasteiger partial charge in [0.2, 0.25) is 15.9 Å². The van der Waals surface area contributed by atoms with Crippen molar-refractivity contribution in [2.75, 3.05) is 38.5 Å². The van der Waals surface area contributed by atoms with Gasteiger partial charge in [-0.2, -0.15) is 4.31 Å². The van der Waals surface area contributed by atoms with E-state index >= 15 is 0 Å². The van der Waals surface area contributed by atoms with E-state index in [2.05, 4.69) is 17.2 Å². The third-order valence-electron chi connectivity index (χ3n) is 2.80. The minimum atomic E-state index is -3.35. The Labute approximate surface area is 108 Å². The first-order valence-electron chi connectivity index (χ1n) is 6.04. The Morgan fingerprint density at radius 2 is 2.11 bits per heavy atom. The van der Waals surface area contributed by atoms with Crippen LogP contribution in [-0.4, -0.2) is 57.1 Å². The van der Waals surface area contributed by atoms with Gasteiger partial charge in [-0.05, 0) is 0 Å². The summed E-state index contributed by atoms with van der Waals surface area (Å²) in [4.78, 5) is 11.6. The quantitative estimate of drug-likeness (QED) is 0.620.